The molecule has 1 amide bonds. The molecule has 174 valence electrons. The molecule has 1 unspecified atom stereocenters. The first-order valence-electron chi connectivity index (χ1n) is 10.9. The number of benzene rings is 1. The molecule has 1 aromatic carbocycles. The van der Waals surface area contributed by atoms with E-state index in [9.17, 15) is 9.59 Å². The van der Waals surface area contributed by atoms with Gasteiger partial charge in [-0.2, -0.15) is 4.98 Å². The van der Waals surface area contributed by atoms with Gasteiger partial charge in [0.1, 0.15) is 0 Å². The molecule has 0 spiro atoms. The maximum absolute atomic E-state index is 12.9. The number of nitrogens with zero attached hydrogens (tertiary/aromatic N) is 6. The minimum Gasteiger partial charge on any atom is -0.452 e. The Morgan fingerprint density at radius 1 is 1.09 bits per heavy atom. The van der Waals surface area contributed by atoms with Crippen molar-refractivity contribution >= 4 is 35.1 Å². The average Bonchev–Trinajstić information content (AvgIpc) is 3.25. The smallest absolute Gasteiger partial charge is 0.311 e. The first-order valence-corrected chi connectivity index (χ1v) is 12.1. The average molecular weight is 469 g/mol. The summed E-state index contributed by atoms with van der Waals surface area (Å²) in [6, 6.07) is 10.1. The largest absolute Gasteiger partial charge is 0.452 e. The van der Waals surface area contributed by atoms with Crippen LogP contribution in [0.15, 0.2) is 35.5 Å². The van der Waals surface area contributed by atoms with E-state index >= 15 is 0 Å². The third-order valence-electron chi connectivity index (χ3n) is 5.90. The lowest BCUT2D eigenvalue weighted by Gasteiger charge is -2.37. The van der Waals surface area contributed by atoms with Crippen LogP contribution in [0.1, 0.15) is 23.9 Å². The fraction of sp³-hybridized carbons (Fsp3) is 0.435. The second kappa shape index (κ2) is 9.78. The lowest BCUT2D eigenvalue weighted by Crippen LogP contribution is -2.51. The molecule has 3 heterocycles. The monoisotopic (exact) mass is 468 g/mol. The highest BCUT2D eigenvalue weighted by molar-refractivity contribution is 7.98. The van der Waals surface area contributed by atoms with E-state index in [-0.39, 0.29) is 12.3 Å². The molecule has 3 aromatic rings. The van der Waals surface area contributed by atoms with E-state index in [1.54, 1.807) is 16.3 Å². The van der Waals surface area contributed by atoms with Gasteiger partial charge in [-0.1, -0.05) is 30.0 Å². The van der Waals surface area contributed by atoms with E-state index in [0.717, 1.165) is 30.0 Å². The number of ether oxygens (including phenoxy) is 1. The van der Waals surface area contributed by atoms with E-state index in [0.29, 0.717) is 29.7 Å². The van der Waals surface area contributed by atoms with Crippen LogP contribution in [0.5, 0.6) is 0 Å². The topological polar surface area (TPSA) is 92.9 Å². The van der Waals surface area contributed by atoms with Crippen LogP contribution in [-0.2, 0) is 20.7 Å². The third kappa shape index (κ3) is 4.95. The van der Waals surface area contributed by atoms with Gasteiger partial charge in [-0.3, -0.25) is 9.59 Å². The summed E-state index contributed by atoms with van der Waals surface area (Å²) in [5, 5.41) is 5.03. The lowest BCUT2D eigenvalue weighted by atomic mass is 10.1. The molecule has 1 aliphatic heterocycles. The van der Waals surface area contributed by atoms with Crippen molar-refractivity contribution in [1.82, 2.24) is 24.5 Å². The zero-order valence-corrected chi connectivity index (χ0v) is 20.1. The number of aromatic nitrogens is 4. The number of aryl methyl sites for hydroxylation is 2. The number of carbonyl (C=O) groups excluding carboxylic acids is 2. The van der Waals surface area contributed by atoms with Crippen molar-refractivity contribution < 1.29 is 14.3 Å². The maximum Gasteiger partial charge on any atom is 0.311 e. The summed E-state index contributed by atoms with van der Waals surface area (Å²) < 4.78 is 7.15. The van der Waals surface area contributed by atoms with Gasteiger partial charge in [0.15, 0.2) is 6.10 Å². The van der Waals surface area contributed by atoms with Crippen LogP contribution < -0.4 is 4.90 Å². The third-order valence-corrected chi connectivity index (χ3v) is 6.44. The van der Waals surface area contributed by atoms with Gasteiger partial charge in [0.25, 0.3) is 11.7 Å². The Balaban J connectivity index is 1.35. The van der Waals surface area contributed by atoms with Crippen molar-refractivity contribution in [2.75, 3.05) is 37.3 Å². The van der Waals surface area contributed by atoms with Crippen LogP contribution >= 0.6 is 11.8 Å². The molecule has 9 nitrogen and oxygen atoms in total. The Kier molecular flexibility index (Phi) is 6.83. The minimum absolute atomic E-state index is 0.0223. The van der Waals surface area contributed by atoms with Crippen LogP contribution in [0, 0.1) is 13.8 Å². The van der Waals surface area contributed by atoms with Gasteiger partial charge in [0.05, 0.1) is 6.42 Å². The number of thioether (sulfide) groups is 1. The molecule has 1 fully saturated rings. The fourth-order valence-corrected chi connectivity index (χ4v) is 4.38. The molecule has 1 saturated heterocycles. The Morgan fingerprint density at radius 2 is 1.79 bits per heavy atom. The predicted octanol–water partition coefficient (Wildman–Crippen LogP) is 2.29. The highest BCUT2D eigenvalue weighted by Gasteiger charge is 2.28. The Morgan fingerprint density at radius 3 is 2.45 bits per heavy atom. The van der Waals surface area contributed by atoms with Crippen LogP contribution in [0.3, 0.4) is 0 Å². The molecule has 0 saturated carbocycles. The van der Waals surface area contributed by atoms with E-state index < -0.39 is 12.1 Å². The number of piperazine rings is 1. The number of fused-ring (bicyclic) bond motifs is 1. The zero-order valence-electron chi connectivity index (χ0n) is 19.3. The quantitative estimate of drug-likeness (QED) is 0.402. The maximum atomic E-state index is 12.9. The molecule has 2 aromatic heterocycles. The SMILES string of the molecule is CSc1nc2nc(C)c(CC(=O)OC(C)C(=O)N3CCN(c4ccccc4)CC3)c(C)n2n1. The summed E-state index contributed by atoms with van der Waals surface area (Å²) in [4.78, 5) is 38.4. The molecule has 4 rings (SSSR count). The van der Waals surface area contributed by atoms with Gasteiger partial charge < -0.3 is 14.5 Å². The van der Waals surface area contributed by atoms with Gasteiger partial charge in [-0.05, 0) is 39.2 Å². The van der Waals surface area contributed by atoms with Crippen LogP contribution in [0.2, 0.25) is 0 Å². The molecule has 0 radical (unpaired) electrons. The highest BCUT2D eigenvalue weighted by atomic mass is 32.2. The minimum atomic E-state index is -0.840. The molecule has 1 atom stereocenters. The number of esters is 1. The normalized spacial score (nSPS) is 15.0. The number of hydrogen-bond donors (Lipinski definition) is 0. The number of anilines is 1. The molecule has 1 aliphatic rings. The standard InChI is InChI=1S/C23H28N6O3S/c1-15-19(16(2)29-22(24-15)25-23(26-29)33-4)14-20(30)32-17(3)21(31)28-12-10-27(11-13-28)18-8-6-5-7-9-18/h5-9,17H,10-14H2,1-4H3. The first-order chi connectivity index (χ1) is 15.9. The van der Waals surface area contributed by atoms with Gasteiger partial charge >= 0.3 is 5.97 Å². The Hall–Kier alpha value is -3.14. The van der Waals surface area contributed by atoms with E-state index in [1.807, 2.05) is 38.3 Å². The van der Waals surface area contributed by atoms with Crippen molar-refractivity contribution in [3.05, 3.63) is 47.3 Å². The molecule has 10 heteroatoms. The number of amides is 1. The second-order valence-electron chi connectivity index (χ2n) is 8.03. The molecule has 33 heavy (non-hydrogen) atoms. The molecule has 0 bridgehead atoms. The second-order valence-corrected chi connectivity index (χ2v) is 8.80. The van der Waals surface area contributed by atoms with Gasteiger partial charge in [-0.15, -0.1) is 5.10 Å². The van der Waals surface area contributed by atoms with Crippen molar-refractivity contribution in [2.24, 2.45) is 0 Å². The van der Waals surface area contributed by atoms with Crippen molar-refractivity contribution in [3.63, 3.8) is 0 Å². The summed E-state index contributed by atoms with van der Waals surface area (Å²) in [5.41, 5.74) is 3.38. The zero-order chi connectivity index (χ0) is 23.5. The number of hydrogen-bond acceptors (Lipinski definition) is 8. The summed E-state index contributed by atoms with van der Waals surface area (Å²) in [6.07, 6.45) is 1.08. The Labute approximate surface area is 197 Å². The summed E-state index contributed by atoms with van der Waals surface area (Å²) >= 11 is 1.43. The molecular weight excluding hydrogens is 440 g/mol. The van der Waals surface area contributed by atoms with Gasteiger partial charge in [0, 0.05) is 48.8 Å². The summed E-state index contributed by atoms with van der Waals surface area (Å²) in [5.74, 6) is -0.125. The lowest BCUT2D eigenvalue weighted by molar-refractivity contribution is -0.158. The van der Waals surface area contributed by atoms with E-state index in [1.165, 1.54) is 11.8 Å². The van der Waals surface area contributed by atoms with E-state index in [2.05, 4.69) is 32.1 Å². The summed E-state index contributed by atoms with van der Waals surface area (Å²) in [6.45, 7) is 8.03. The van der Waals surface area contributed by atoms with Crippen LogP contribution in [0.4, 0.5) is 5.69 Å². The number of carbonyl (C=O) groups is 2. The van der Waals surface area contributed by atoms with E-state index in [4.69, 9.17) is 4.74 Å². The molecule has 0 N–H and O–H groups in total. The van der Waals surface area contributed by atoms with Gasteiger partial charge in [-0.25, -0.2) is 9.50 Å². The number of para-hydroxylation sites is 1. The van der Waals surface area contributed by atoms with Crippen LogP contribution in [0.25, 0.3) is 5.78 Å². The molecular formula is C23H28N6O3S. The van der Waals surface area contributed by atoms with Gasteiger partial charge in [0.2, 0.25) is 5.16 Å². The first kappa shape index (κ1) is 23.0. The molecule has 0 aliphatic carbocycles. The van der Waals surface area contributed by atoms with Crippen LogP contribution in [-0.4, -0.2) is 74.9 Å². The predicted molar refractivity (Wildman–Crippen MR) is 127 cm³/mol. The Bertz CT molecular complexity index is 1160. The summed E-state index contributed by atoms with van der Waals surface area (Å²) in [7, 11) is 0. The highest BCUT2D eigenvalue weighted by Crippen LogP contribution is 2.19. The fourth-order valence-electron chi connectivity index (χ4n) is 4.05. The van der Waals surface area contributed by atoms with Crippen molar-refractivity contribution in [3.8, 4) is 0 Å². The van der Waals surface area contributed by atoms with Crippen molar-refractivity contribution in [2.45, 2.75) is 38.5 Å². The number of rotatable bonds is 6. The van der Waals surface area contributed by atoms with Crippen molar-refractivity contribution in [1.29, 1.82) is 0 Å².